The first-order valence-corrected chi connectivity index (χ1v) is 9.89. The summed E-state index contributed by atoms with van der Waals surface area (Å²) in [5.41, 5.74) is 0.490. The van der Waals surface area contributed by atoms with Crippen LogP contribution in [-0.4, -0.2) is 31.4 Å². The van der Waals surface area contributed by atoms with Crippen molar-refractivity contribution >= 4 is 21.7 Å². The lowest BCUT2D eigenvalue weighted by Gasteiger charge is -2.15. The van der Waals surface area contributed by atoms with Gasteiger partial charge in [-0.1, -0.05) is 49.7 Å². The molecule has 0 aliphatic carbocycles. The number of sulfone groups is 1. The van der Waals surface area contributed by atoms with E-state index in [0.29, 0.717) is 18.4 Å². The molecule has 0 aliphatic rings. The first kappa shape index (κ1) is 19.7. The quantitative estimate of drug-likeness (QED) is 0.739. The molecular weight excluding hydrogens is 354 g/mol. The minimum absolute atomic E-state index is 0.161. The first-order valence-electron chi connectivity index (χ1n) is 8.24. The number of carboxylic acids is 1. The summed E-state index contributed by atoms with van der Waals surface area (Å²) in [6.45, 7) is 1.82. The van der Waals surface area contributed by atoms with Gasteiger partial charge in [-0.2, -0.15) is 0 Å². The Kier molecular flexibility index (Phi) is 6.52. The number of nitrogens with one attached hydrogen (secondary N) is 1. The average Bonchev–Trinajstić information content (AvgIpc) is 2.62. The van der Waals surface area contributed by atoms with Crippen LogP contribution in [0, 0.1) is 0 Å². The maximum absolute atomic E-state index is 12.6. The lowest BCUT2D eigenvalue weighted by molar-refractivity contribution is -0.139. The van der Waals surface area contributed by atoms with Crippen LogP contribution in [-0.2, 0) is 20.4 Å². The molecular formula is C19H21NO5S. The third-order valence-electron chi connectivity index (χ3n) is 3.89. The summed E-state index contributed by atoms with van der Waals surface area (Å²) in [5, 5.41) is 11.7. The van der Waals surface area contributed by atoms with Crippen LogP contribution in [0.3, 0.4) is 0 Å². The van der Waals surface area contributed by atoms with Crippen molar-refractivity contribution in [3.63, 3.8) is 0 Å². The van der Waals surface area contributed by atoms with Crippen molar-refractivity contribution in [1.82, 2.24) is 5.32 Å². The molecule has 1 atom stereocenters. The zero-order chi connectivity index (χ0) is 19.2. The maximum Gasteiger partial charge on any atom is 0.326 e. The van der Waals surface area contributed by atoms with E-state index >= 15 is 0 Å². The zero-order valence-corrected chi connectivity index (χ0v) is 15.2. The molecule has 0 bridgehead atoms. The highest BCUT2D eigenvalue weighted by Crippen LogP contribution is 2.19. The molecule has 0 aliphatic heterocycles. The summed E-state index contributed by atoms with van der Waals surface area (Å²) >= 11 is 0. The molecule has 2 aromatic carbocycles. The van der Waals surface area contributed by atoms with Gasteiger partial charge in [-0.25, -0.2) is 13.2 Å². The van der Waals surface area contributed by atoms with E-state index in [2.05, 4.69) is 5.32 Å². The van der Waals surface area contributed by atoms with Crippen LogP contribution in [0.25, 0.3) is 0 Å². The van der Waals surface area contributed by atoms with Gasteiger partial charge in [0.25, 0.3) is 5.91 Å². The highest BCUT2D eigenvalue weighted by molar-refractivity contribution is 7.90. The smallest absolute Gasteiger partial charge is 0.326 e. The SMILES string of the molecule is CCCC(NC(=O)c1ccccc1CS(=O)(=O)c1ccccc1)C(=O)O. The van der Waals surface area contributed by atoms with Gasteiger partial charge in [-0.15, -0.1) is 0 Å². The van der Waals surface area contributed by atoms with Crippen LogP contribution in [0.2, 0.25) is 0 Å². The Morgan fingerprint density at radius 2 is 1.65 bits per heavy atom. The predicted octanol–water partition coefficient (Wildman–Crippen LogP) is 2.64. The van der Waals surface area contributed by atoms with Crippen molar-refractivity contribution in [2.45, 2.75) is 36.5 Å². The first-order chi connectivity index (χ1) is 12.3. The summed E-state index contributed by atoms with van der Waals surface area (Å²) in [7, 11) is -3.62. The Morgan fingerprint density at radius 3 is 2.27 bits per heavy atom. The molecule has 1 unspecified atom stereocenters. The third-order valence-corrected chi connectivity index (χ3v) is 5.57. The minimum Gasteiger partial charge on any atom is -0.480 e. The molecule has 6 nitrogen and oxygen atoms in total. The summed E-state index contributed by atoms with van der Waals surface area (Å²) in [6.07, 6.45) is 0.896. The van der Waals surface area contributed by atoms with E-state index in [-0.39, 0.29) is 16.2 Å². The summed E-state index contributed by atoms with van der Waals surface area (Å²) < 4.78 is 25.2. The second kappa shape index (κ2) is 8.62. The number of carbonyl (C=O) groups is 2. The molecule has 1 amide bonds. The molecule has 0 spiro atoms. The molecule has 7 heteroatoms. The standard InChI is InChI=1S/C19H21NO5S/c1-2-8-17(19(22)23)20-18(21)16-12-7-6-9-14(16)13-26(24,25)15-10-4-3-5-11-15/h3-7,9-12,17H,2,8,13H2,1H3,(H,20,21)(H,22,23). The maximum atomic E-state index is 12.6. The normalized spacial score (nSPS) is 12.3. The van der Waals surface area contributed by atoms with E-state index in [9.17, 15) is 23.1 Å². The fourth-order valence-corrected chi connectivity index (χ4v) is 3.97. The van der Waals surface area contributed by atoms with Gasteiger partial charge >= 0.3 is 5.97 Å². The fourth-order valence-electron chi connectivity index (χ4n) is 2.57. The lowest BCUT2D eigenvalue weighted by Crippen LogP contribution is -2.41. The molecule has 2 rings (SSSR count). The Balaban J connectivity index is 2.27. The van der Waals surface area contributed by atoms with Crippen molar-refractivity contribution in [2.24, 2.45) is 0 Å². The number of benzene rings is 2. The third kappa shape index (κ3) is 4.92. The number of carboxylic acid groups (broad SMARTS) is 1. The van der Waals surface area contributed by atoms with E-state index < -0.39 is 27.8 Å². The Hall–Kier alpha value is -2.67. The minimum atomic E-state index is -3.62. The molecule has 0 fully saturated rings. The van der Waals surface area contributed by atoms with Crippen molar-refractivity contribution in [3.05, 3.63) is 65.7 Å². The van der Waals surface area contributed by atoms with E-state index in [0.717, 1.165) is 0 Å². The number of aliphatic carboxylic acids is 1. The Morgan fingerprint density at radius 1 is 1.04 bits per heavy atom. The van der Waals surface area contributed by atoms with Crippen LogP contribution >= 0.6 is 0 Å². The van der Waals surface area contributed by atoms with Crippen LogP contribution < -0.4 is 5.32 Å². The zero-order valence-electron chi connectivity index (χ0n) is 14.4. The summed E-state index contributed by atoms with van der Waals surface area (Å²) in [5.74, 6) is -2.05. The summed E-state index contributed by atoms with van der Waals surface area (Å²) in [6, 6.07) is 13.3. The molecule has 0 saturated carbocycles. The molecule has 0 radical (unpaired) electrons. The van der Waals surface area contributed by atoms with Crippen molar-refractivity contribution in [1.29, 1.82) is 0 Å². The fraction of sp³-hybridized carbons (Fsp3) is 0.263. The Labute approximate surface area is 152 Å². The van der Waals surface area contributed by atoms with Crippen molar-refractivity contribution in [3.8, 4) is 0 Å². The van der Waals surface area contributed by atoms with Crippen molar-refractivity contribution < 1.29 is 23.1 Å². The van der Waals surface area contributed by atoms with Gasteiger partial charge in [0.15, 0.2) is 9.84 Å². The topological polar surface area (TPSA) is 101 Å². The molecule has 26 heavy (non-hydrogen) atoms. The van der Waals surface area contributed by atoms with Crippen LogP contribution in [0.1, 0.15) is 35.7 Å². The van der Waals surface area contributed by atoms with Crippen LogP contribution in [0.5, 0.6) is 0 Å². The number of amides is 1. The number of hydrogen-bond acceptors (Lipinski definition) is 4. The molecule has 0 heterocycles. The molecule has 0 aromatic heterocycles. The molecule has 138 valence electrons. The van der Waals surface area contributed by atoms with Crippen LogP contribution in [0.4, 0.5) is 0 Å². The van der Waals surface area contributed by atoms with Gasteiger partial charge in [0.1, 0.15) is 6.04 Å². The second-order valence-corrected chi connectivity index (χ2v) is 7.87. The van der Waals surface area contributed by atoms with E-state index in [1.807, 2.05) is 6.92 Å². The van der Waals surface area contributed by atoms with Crippen molar-refractivity contribution in [2.75, 3.05) is 0 Å². The molecule has 2 aromatic rings. The van der Waals surface area contributed by atoms with E-state index in [1.165, 1.54) is 18.2 Å². The average molecular weight is 375 g/mol. The van der Waals surface area contributed by atoms with Gasteiger partial charge in [0, 0.05) is 5.56 Å². The van der Waals surface area contributed by atoms with Gasteiger partial charge < -0.3 is 10.4 Å². The monoisotopic (exact) mass is 375 g/mol. The lowest BCUT2D eigenvalue weighted by atomic mass is 10.1. The van der Waals surface area contributed by atoms with Gasteiger partial charge in [0.05, 0.1) is 10.6 Å². The summed E-state index contributed by atoms with van der Waals surface area (Å²) in [4.78, 5) is 23.9. The Bertz CT molecular complexity index is 878. The van der Waals surface area contributed by atoms with E-state index in [4.69, 9.17) is 0 Å². The van der Waals surface area contributed by atoms with Gasteiger partial charge in [-0.3, -0.25) is 4.79 Å². The second-order valence-electron chi connectivity index (χ2n) is 5.88. The predicted molar refractivity (Wildman–Crippen MR) is 97.6 cm³/mol. The molecule has 0 saturated heterocycles. The highest BCUT2D eigenvalue weighted by Gasteiger charge is 2.23. The highest BCUT2D eigenvalue weighted by atomic mass is 32.2. The molecule has 2 N–H and O–H groups in total. The number of carbonyl (C=O) groups excluding carboxylic acids is 1. The largest absolute Gasteiger partial charge is 0.480 e. The van der Waals surface area contributed by atoms with Crippen LogP contribution in [0.15, 0.2) is 59.5 Å². The van der Waals surface area contributed by atoms with Gasteiger partial charge in [-0.05, 0) is 30.2 Å². The number of rotatable bonds is 8. The number of hydrogen-bond donors (Lipinski definition) is 2. The van der Waals surface area contributed by atoms with Gasteiger partial charge in [0.2, 0.25) is 0 Å². The van der Waals surface area contributed by atoms with E-state index in [1.54, 1.807) is 36.4 Å².